The Hall–Kier alpha value is -2.56. The zero-order chi connectivity index (χ0) is 12.0. The summed E-state index contributed by atoms with van der Waals surface area (Å²) in [6.07, 6.45) is 0. The molecule has 0 amide bonds. The number of nitro benzene ring substituents is 1. The molecular weight excluding hydrogens is 220 g/mol. The first-order valence-electron chi connectivity index (χ1n) is 5.02. The van der Waals surface area contributed by atoms with Crippen LogP contribution in [-0.4, -0.2) is 4.92 Å². The fourth-order valence-corrected chi connectivity index (χ4v) is 1.98. The molecular formula is C12H8N2O3. The molecule has 2 N–H and O–H groups in total. The van der Waals surface area contributed by atoms with Crippen molar-refractivity contribution in [3.8, 4) is 0 Å². The number of rotatable bonds is 1. The molecule has 0 radical (unpaired) electrons. The van der Waals surface area contributed by atoms with Crippen molar-refractivity contribution in [1.29, 1.82) is 0 Å². The normalized spacial score (nSPS) is 11.1. The third-order valence-electron chi connectivity index (χ3n) is 2.69. The van der Waals surface area contributed by atoms with E-state index in [2.05, 4.69) is 0 Å². The molecule has 3 aromatic rings. The number of non-ortho nitro benzene ring substituents is 1. The van der Waals surface area contributed by atoms with Gasteiger partial charge < -0.3 is 10.2 Å². The van der Waals surface area contributed by atoms with Gasteiger partial charge in [0.05, 0.1) is 4.92 Å². The van der Waals surface area contributed by atoms with E-state index in [4.69, 9.17) is 10.2 Å². The Morgan fingerprint density at radius 3 is 2.76 bits per heavy atom. The lowest BCUT2D eigenvalue weighted by Gasteiger charge is -1.94. The highest BCUT2D eigenvalue weighted by Crippen LogP contribution is 2.35. The van der Waals surface area contributed by atoms with Crippen molar-refractivity contribution >= 4 is 33.3 Å². The zero-order valence-corrected chi connectivity index (χ0v) is 8.71. The Morgan fingerprint density at radius 2 is 2.00 bits per heavy atom. The number of nitrogen functional groups attached to an aromatic ring is 1. The Kier molecular flexibility index (Phi) is 1.82. The first-order valence-corrected chi connectivity index (χ1v) is 5.02. The standard InChI is InChI=1S/C12H8N2O3/c13-7-4-5-10-8(6-7)12-9(14(15)16)2-1-3-11(12)17-10/h1-6H,13H2. The number of nitrogens with zero attached hydrogens (tertiary/aromatic N) is 1. The summed E-state index contributed by atoms with van der Waals surface area (Å²) in [5.41, 5.74) is 7.38. The van der Waals surface area contributed by atoms with E-state index in [0.29, 0.717) is 27.6 Å². The number of nitro groups is 1. The van der Waals surface area contributed by atoms with Crippen molar-refractivity contribution < 1.29 is 9.34 Å². The van der Waals surface area contributed by atoms with Crippen molar-refractivity contribution in [2.24, 2.45) is 0 Å². The molecule has 84 valence electrons. The molecule has 1 heterocycles. The summed E-state index contributed by atoms with van der Waals surface area (Å²) >= 11 is 0. The van der Waals surface area contributed by atoms with Gasteiger partial charge in [0.2, 0.25) is 0 Å². The van der Waals surface area contributed by atoms with Crippen LogP contribution < -0.4 is 5.73 Å². The van der Waals surface area contributed by atoms with Gasteiger partial charge in [0.25, 0.3) is 5.69 Å². The van der Waals surface area contributed by atoms with Crippen LogP contribution in [0.15, 0.2) is 40.8 Å². The fraction of sp³-hybridized carbons (Fsp3) is 0. The van der Waals surface area contributed by atoms with Gasteiger partial charge in [-0.3, -0.25) is 10.1 Å². The smallest absolute Gasteiger partial charge is 0.281 e. The topological polar surface area (TPSA) is 82.3 Å². The molecule has 0 fully saturated rings. The van der Waals surface area contributed by atoms with Gasteiger partial charge in [-0.15, -0.1) is 0 Å². The lowest BCUT2D eigenvalue weighted by Crippen LogP contribution is -1.88. The van der Waals surface area contributed by atoms with Crippen LogP contribution in [0, 0.1) is 10.1 Å². The molecule has 3 rings (SSSR count). The van der Waals surface area contributed by atoms with Gasteiger partial charge in [0.15, 0.2) is 0 Å². The van der Waals surface area contributed by atoms with E-state index in [1.807, 2.05) is 0 Å². The second kappa shape index (κ2) is 3.21. The van der Waals surface area contributed by atoms with E-state index < -0.39 is 4.92 Å². The van der Waals surface area contributed by atoms with Crippen molar-refractivity contribution in [3.63, 3.8) is 0 Å². The molecule has 1 aromatic heterocycles. The van der Waals surface area contributed by atoms with Crippen LogP contribution in [0.1, 0.15) is 0 Å². The molecule has 0 atom stereocenters. The maximum Gasteiger partial charge on any atom is 0.281 e. The molecule has 0 aliphatic carbocycles. The highest BCUT2D eigenvalue weighted by atomic mass is 16.6. The number of anilines is 1. The molecule has 17 heavy (non-hydrogen) atoms. The van der Waals surface area contributed by atoms with E-state index in [1.165, 1.54) is 6.07 Å². The van der Waals surface area contributed by atoms with Gasteiger partial charge in [-0.2, -0.15) is 0 Å². The quantitative estimate of drug-likeness (QED) is 0.394. The molecule has 0 saturated carbocycles. The van der Waals surface area contributed by atoms with Gasteiger partial charge in [0.1, 0.15) is 16.6 Å². The number of fused-ring (bicyclic) bond motifs is 3. The van der Waals surface area contributed by atoms with Crippen LogP contribution in [0.3, 0.4) is 0 Å². The predicted octanol–water partition coefficient (Wildman–Crippen LogP) is 3.08. The van der Waals surface area contributed by atoms with Crippen LogP contribution in [-0.2, 0) is 0 Å². The number of nitrogens with two attached hydrogens (primary N) is 1. The summed E-state index contributed by atoms with van der Waals surface area (Å²) in [7, 11) is 0. The van der Waals surface area contributed by atoms with E-state index >= 15 is 0 Å². The van der Waals surface area contributed by atoms with Crippen LogP contribution in [0.5, 0.6) is 0 Å². The average Bonchev–Trinajstić information content (AvgIpc) is 2.66. The molecule has 0 saturated heterocycles. The molecule has 0 aliphatic rings. The summed E-state index contributed by atoms with van der Waals surface area (Å²) in [4.78, 5) is 10.6. The summed E-state index contributed by atoms with van der Waals surface area (Å²) in [6, 6.07) is 9.88. The zero-order valence-electron chi connectivity index (χ0n) is 8.71. The van der Waals surface area contributed by atoms with Gasteiger partial charge in [0, 0.05) is 17.1 Å². The maximum absolute atomic E-state index is 11.0. The molecule has 0 spiro atoms. The molecule has 0 aliphatic heterocycles. The monoisotopic (exact) mass is 228 g/mol. The van der Waals surface area contributed by atoms with E-state index in [1.54, 1.807) is 30.3 Å². The Bertz CT molecular complexity index is 746. The minimum absolute atomic E-state index is 0.0341. The van der Waals surface area contributed by atoms with Crippen LogP contribution in [0.25, 0.3) is 21.9 Å². The maximum atomic E-state index is 11.0. The predicted molar refractivity (Wildman–Crippen MR) is 64.8 cm³/mol. The van der Waals surface area contributed by atoms with Crippen molar-refractivity contribution in [1.82, 2.24) is 0 Å². The van der Waals surface area contributed by atoms with E-state index in [9.17, 15) is 10.1 Å². The second-order valence-electron chi connectivity index (χ2n) is 3.77. The highest BCUT2D eigenvalue weighted by Gasteiger charge is 2.17. The minimum Gasteiger partial charge on any atom is -0.456 e. The Morgan fingerprint density at radius 1 is 1.18 bits per heavy atom. The van der Waals surface area contributed by atoms with E-state index in [-0.39, 0.29) is 5.69 Å². The van der Waals surface area contributed by atoms with Gasteiger partial charge >= 0.3 is 0 Å². The number of hydrogen-bond acceptors (Lipinski definition) is 4. The van der Waals surface area contributed by atoms with Gasteiger partial charge in [-0.05, 0) is 24.3 Å². The summed E-state index contributed by atoms with van der Waals surface area (Å²) in [5.74, 6) is 0. The van der Waals surface area contributed by atoms with Crippen LogP contribution in [0.4, 0.5) is 11.4 Å². The largest absolute Gasteiger partial charge is 0.456 e. The van der Waals surface area contributed by atoms with Crippen molar-refractivity contribution in [2.45, 2.75) is 0 Å². The summed E-state index contributed by atoms with van der Waals surface area (Å²) < 4.78 is 5.54. The minimum atomic E-state index is -0.416. The van der Waals surface area contributed by atoms with E-state index in [0.717, 1.165) is 0 Å². The first-order chi connectivity index (χ1) is 8.16. The van der Waals surface area contributed by atoms with Crippen LogP contribution >= 0.6 is 0 Å². The number of benzene rings is 2. The first kappa shape index (κ1) is 9.65. The number of furan rings is 1. The lowest BCUT2D eigenvalue weighted by molar-refractivity contribution is -0.383. The number of hydrogen-bond donors (Lipinski definition) is 1. The van der Waals surface area contributed by atoms with Gasteiger partial charge in [-0.25, -0.2) is 0 Å². The lowest BCUT2D eigenvalue weighted by atomic mass is 10.1. The second-order valence-corrected chi connectivity index (χ2v) is 3.77. The molecule has 5 heteroatoms. The third kappa shape index (κ3) is 1.32. The fourth-order valence-electron chi connectivity index (χ4n) is 1.98. The third-order valence-corrected chi connectivity index (χ3v) is 2.69. The van der Waals surface area contributed by atoms with Crippen molar-refractivity contribution in [2.75, 3.05) is 5.73 Å². The Balaban J connectivity index is 2.56. The summed E-state index contributed by atoms with van der Waals surface area (Å²) in [6.45, 7) is 0. The Labute approximate surface area is 95.6 Å². The highest BCUT2D eigenvalue weighted by molar-refractivity contribution is 6.10. The molecule has 0 unspecified atom stereocenters. The van der Waals surface area contributed by atoms with Crippen molar-refractivity contribution in [3.05, 3.63) is 46.5 Å². The van der Waals surface area contributed by atoms with Crippen LogP contribution in [0.2, 0.25) is 0 Å². The SMILES string of the molecule is Nc1ccc2oc3cccc([N+](=O)[O-])c3c2c1. The molecule has 5 nitrogen and oxygen atoms in total. The average molecular weight is 228 g/mol. The molecule has 2 aromatic carbocycles. The summed E-state index contributed by atoms with van der Waals surface area (Å²) in [5, 5.41) is 12.1. The van der Waals surface area contributed by atoms with Gasteiger partial charge in [-0.1, -0.05) is 6.07 Å². The molecule has 0 bridgehead atoms.